The van der Waals surface area contributed by atoms with E-state index in [0.717, 1.165) is 10.8 Å². The zero-order valence-electron chi connectivity index (χ0n) is 13.1. The molecule has 0 atom stereocenters. The van der Waals surface area contributed by atoms with Gasteiger partial charge in [0.15, 0.2) is 0 Å². The molecule has 116 valence electrons. The normalized spacial score (nSPS) is 11.1. The minimum absolute atomic E-state index is 0.191. The van der Waals surface area contributed by atoms with Crippen LogP contribution in [0.4, 0.5) is 4.39 Å². The van der Waals surface area contributed by atoms with Crippen LogP contribution in [0.1, 0.15) is 0 Å². The van der Waals surface area contributed by atoms with Gasteiger partial charge in [0.25, 0.3) is 0 Å². The Kier molecular flexibility index (Phi) is 4.11. The minimum atomic E-state index is -0.621. The highest BCUT2D eigenvalue weighted by Crippen LogP contribution is 2.33. The molecule has 0 saturated heterocycles. The number of halogens is 1. The van der Waals surface area contributed by atoms with Gasteiger partial charge in [-0.05, 0) is 52.8 Å². The monoisotopic (exact) mass is 330 g/mol. The molecule has 4 rings (SSSR count). The van der Waals surface area contributed by atoms with Crippen molar-refractivity contribution in [2.24, 2.45) is 0 Å². The van der Waals surface area contributed by atoms with Crippen LogP contribution in [0.25, 0.3) is 10.8 Å². The third-order valence-corrected chi connectivity index (χ3v) is 6.50. The molecule has 0 aliphatic rings. The molecule has 0 heterocycles. The number of benzene rings is 4. The van der Waals surface area contributed by atoms with Gasteiger partial charge in [0.2, 0.25) is 0 Å². The standard InChI is InChI=1S/C22H16FP/c23-19-13-11-18-16-22(14-12-17(18)15-19)24(20-7-3-1-4-8-20)21-9-5-2-6-10-21/h1-16H. The number of rotatable bonds is 3. The van der Waals surface area contributed by atoms with Crippen molar-refractivity contribution < 1.29 is 4.39 Å². The molecule has 0 bridgehead atoms. The van der Waals surface area contributed by atoms with Gasteiger partial charge >= 0.3 is 0 Å². The van der Waals surface area contributed by atoms with E-state index in [4.69, 9.17) is 0 Å². The van der Waals surface area contributed by atoms with E-state index in [1.165, 1.54) is 22.0 Å². The average molecular weight is 330 g/mol. The molecule has 0 radical (unpaired) electrons. The molecule has 0 aliphatic heterocycles. The summed E-state index contributed by atoms with van der Waals surface area (Å²) in [5.41, 5.74) is 0. The summed E-state index contributed by atoms with van der Waals surface area (Å²) in [6.07, 6.45) is 0. The first kappa shape index (κ1) is 15.1. The van der Waals surface area contributed by atoms with Gasteiger partial charge in [0.05, 0.1) is 0 Å². The first-order valence-electron chi connectivity index (χ1n) is 7.91. The van der Waals surface area contributed by atoms with Gasteiger partial charge in [0.1, 0.15) is 5.82 Å². The van der Waals surface area contributed by atoms with Crippen LogP contribution in [-0.2, 0) is 0 Å². The third kappa shape index (κ3) is 2.96. The smallest absolute Gasteiger partial charge is 0.123 e. The highest BCUT2D eigenvalue weighted by Gasteiger charge is 2.16. The van der Waals surface area contributed by atoms with Crippen molar-refractivity contribution in [2.45, 2.75) is 0 Å². The van der Waals surface area contributed by atoms with Gasteiger partial charge in [0, 0.05) is 0 Å². The Labute approximate surface area is 142 Å². The van der Waals surface area contributed by atoms with E-state index in [-0.39, 0.29) is 5.82 Å². The average Bonchev–Trinajstić information content (AvgIpc) is 2.64. The second-order valence-electron chi connectivity index (χ2n) is 5.68. The molecular weight excluding hydrogens is 314 g/mol. The fourth-order valence-corrected chi connectivity index (χ4v) is 5.27. The van der Waals surface area contributed by atoms with Gasteiger partial charge in [-0.2, -0.15) is 0 Å². The van der Waals surface area contributed by atoms with Crippen molar-refractivity contribution in [3.8, 4) is 0 Å². The Morgan fingerprint density at radius 1 is 0.500 bits per heavy atom. The first-order chi connectivity index (χ1) is 11.8. The Bertz CT molecular complexity index is 925. The van der Waals surface area contributed by atoms with Crippen molar-refractivity contribution >= 4 is 34.6 Å². The summed E-state index contributed by atoms with van der Waals surface area (Å²) in [6.45, 7) is 0. The van der Waals surface area contributed by atoms with Gasteiger partial charge in [-0.3, -0.25) is 0 Å². The van der Waals surface area contributed by atoms with Crippen LogP contribution < -0.4 is 15.9 Å². The Balaban J connectivity index is 1.89. The summed E-state index contributed by atoms with van der Waals surface area (Å²) in [6, 6.07) is 32.5. The predicted octanol–water partition coefficient (Wildman–Crippen LogP) is 4.74. The molecular formula is C22H16FP. The maximum atomic E-state index is 13.4. The summed E-state index contributed by atoms with van der Waals surface area (Å²) in [5, 5.41) is 5.94. The van der Waals surface area contributed by atoms with Crippen molar-refractivity contribution in [3.63, 3.8) is 0 Å². The van der Waals surface area contributed by atoms with Gasteiger partial charge in [-0.1, -0.05) is 78.9 Å². The highest BCUT2D eigenvalue weighted by atomic mass is 31.1. The van der Waals surface area contributed by atoms with E-state index in [1.54, 1.807) is 6.07 Å². The topological polar surface area (TPSA) is 0 Å². The number of fused-ring (bicyclic) bond motifs is 1. The maximum Gasteiger partial charge on any atom is 0.123 e. The Hall–Kier alpha value is -2.50. The lowest BCUT2D eigenvalue weighted by atomic mass is 10.1. The minimum Gasteiger partial charge on any atom is -0.207 e. The first-order valence-corrected chi connectivity index (χ1v) is 9.25. The molecule has 0 saturated carbocycles. The Morgan fingerprint density at radius 2 is 1.04 bits per heavy atom. The molecule has 0 aliphatic carbocycles. The molecule has 0 amide bonds. The summed E-state index contributed by atoms with van der Waals surface area (Å²) < 4.78 is 13.4. The summed E-state index contributed by atoms with van der Waals surface area (Å²) >= 11 is 0. The van der Waals surface area contributed by atoms with Crippen LogP contribution in [0.15, 0.2) is 97.1 Å². The maximum absolute atomic E-state index is 13.4. The third-order valence-electron chi connectivity index (χ3n) is 4.07. The predicted molar refractivity (Wildman–Crippen MR) is 103 cm³/mol. The van der Waals surface area contributed by atoms with Crippen molar-refractivity contribution in [3.05, 3.63) is 103 Å². The fraction of sp³-hybridized carbons (Fsp3) is 0. The molecule has 0 unspecified atom stereocenters. The van der Waals surface area contributed by atoms with Crippen LogP contribution in [0.2, 0.25) is 0 Å². The van der Waals surface area contributed by atoms with Crippen molar-refractivity contribution in [2.75, 3.05) is 0 Å². The van der Waals surface area contributed by atoms with E-state index in [1.807, 2.05) is 24.3 Å². The highest BCUT2D eigenvalue weighted by molar-refractivity contribution is 7.79. The molecule has 2 heteroatoms. The molecule has 4 aromatic rings. The van der Waals surface area contributed by atoms with Crippen LogP contribution in [0.5, 0.6) is 0 Å². The zero-order valence-corrected chi connectivity index (χ0v) is 14.0. The lowest BCUT2D eigenvalue weighted by molar-refractivity contribution is 0.630. The second-order valence-corrected chi connectivity index (χ2v) is 7.90. The quantitative estimate of drug-likeness (QED) is 0.476. The number of hydrogen-bond acceptors (Lipinski definition) is 0. The molecule has 0 fully saturated rings. The lowest BCUT2D eigenvalue weighted by Gasteiger charge is -2.19. The molecule has 24 heavy (non-hydrogen) atoms. The van der Waals surface area contributed by atoms with E-state index < -0.39 is 7.92 Å². The summed E-state index contributed by atoms with van der Waals surface area (Å²) in [4.78, 5) is 0. The van der Waals surface area contributed by atoms with Crippen LogP contribution >= 0.6 is 7.92 Å². The SMILES string of the molecule is Fc1ccc2cc(P(c3ccccc3)c3ccccc3)ccc2c1. The van der Waals surface area contributed by atoms with Crippen LogP contribution in [0.3, 0.4) is 0 Å². The van der Waals surface area contributed by atoms with Crippen molar-refractivity contribution in [1.29, 1.82) is 0 Å². The molecule has 4 aromatic carbocycles. The molecule has 0 aromatic heterocycles. The van der Waals surface area contributed by atoms with E-state index in [9.17, 15) is 4.39 Å². The van der Waals surface area contributed by atoms with Gasteiger partial charge in [-0.25, -0.2) is 4.39 Å². The molecule has 0 N–H and O–H groups in total. The van der Waals surface area contributed by atoms with Crippen molar-refractivity contribution in [1.82, 2.24) is 0 Å². The van der Waals surface area contributed by atoms with Crippen LogP contribution in [0, 0.1) is 5.82 Å². The van der Waals surface area contributed by atoms with Gasteiger partial charge < -0.3 is 0 Å². The lowest BCUT2D eigenvalue weighted by Crippen LogP contribution is -2.20. The Morgan fingerprint density at radius 3 is 1.67 bits per heavy atom. The molecule has 0 spiro atoms. The van der Waals surface area contributed by atoms with Gasteiger partial charge in [-0.15, -0.1) is 0 Å². The fourth-order valence-electron chi connectivity index (χ4n) is 2.94. The second kappa shape index (κ2) is 6.55. The zero-order chi connectivity index (χ0) is 16.4. The molecule has 0 nitrogen and oxygen atoms in total. The summed E-state index contributed by atoms with van der Waals surface area (Å²) in [5.74, 6) is -0.191. The van der Waals surface area contributed by atoms with E-state index in [0.29, 0.717) is 0 Å². The van der Waals surface area contributed by atoms with E-state index in [2.05, 4.69) is 60.7 Å². The number of hydrogen-bond donors (Lipinski definition) is 0. The largest absolute Gasteiger partial charge is 0.207 e. The summed E-state index contributed by atoms with van der Waals surface area (Å²) in [7, 11) is -0.621. The van der Waals surface area contributed by atoms with E-state index >= 15 is 0 Å². The van der Waals surface area contributed by atoms with Crippen LogP contribution in [-0.4, -0.2) is 0 Å².